The molecule has 0 fully saturated rings. The third-order valence-electron chi connectivity index (χ3n) is 11.7. The van der Waals surface area contributed by atoms with Gasteiger partial charge in [-0.05, 0) is 93.5 Å². The molecular formula is C54H34N2O. The molecule has 11 aromatic rings. The molecule has 1 aliphatic heterocycles. The Morgan fingerprint density at radius 2 is 0.807 bits per heavy atom. The lowest BCUT2D eigenvalue weighted by atomic mass is 9.98. The van der Waals surface area contributed by atoms with Crippen molar-refractivity contribution in [2.75, 3.05) is 0 Å². The van der Waals surface area contributed by atoms with Crippen molar-refractivity contribution in [1.29, 1.82) is 0 Å². The zero-order valence-corrected chi connectivity index (χ0v) is 30.9. The smallest absolute Gasteiger partial charge is 0.152 e. The Bertz CT molecular complexity index is 3260. The van der Waals surface area contributed by atoms with E-state index in [0.29, 0.717) is 0 Å². The molecule has 12 rings (SSSR count). The van der Waals surface area contributed by atoms with Gasteiger partial charge in [-0.1, -0.05) is 152 Å². The summed E-state index contributed by atoms with van der Waals surface area (Å²) in [5, 5.41) is 4.91. The third kappa shape index (κ3) is 4.92. The quantitative estimate of drug-likeness (QED) is 0.173. The number of ether oxygens (including phenoxy) is 1. The Balaban J connectivity index is 0.970. The van der Waals surface area contributed by atoms with Crippen molar-refractivity contribution in [3.8, 4) is 67.4 Å². The Hall–Kier alpha value is -7.62. The maximum Gasteiger partial charge on any atom is 0.152 e. The van der Waals surface area contributed by atoms with Crippen LogP contribution < -0.4 is 4.74 Å². The minimum Gasteiger partial charge on any atom is -0.453 e. The summed E-state index contributed by atoms with van der Waals surface area (Å²) in [6.45, 7) is 0. The summed E-state index contributed by atoms with van der Waals surface area (Å²) in [5.41, 5.74) is 16.4. The van der Waals surface area contributed by atoms with Crippen LogP contribution in [-0.2, 0) is 0 Å². The lowest BCUT2D eigenvalue weighted by molar-refractivity contribution is 0.477. The summed E-state index contributed by atoms with van der Waals surface area (Å²) in [6.07, 6.45) is 0. The van der Waals surface area contributed by atoms with Gasteiger partial charge in [0.05, 0.1) is 27.8 Å². The van der Waals surface area contributed by atoms with Gasteiger partial charge in [0.25, 0.3) is 0 Å². The van der Waals surface area contributed by atoms with Crippen LogP contribution in [0, 0.1) is 0 Å². The number of aromatic nitrogens is 2. The number of rotatable bonds is 5. The van der Waals surface area contributed by atoms with Gasteiger partial charge in [-0.15, -0.1) is 0 Å². The molecule has 57 heavy (non-hydrogen) atoms. The van der Waals surface area contributed by atoms with E-state index in [9.17, 15) is 0 Å². The fraction of sp³-hybridized carbons (Fsp3) is 0. The first-order valence-electron chi connectivity index (χ1n) is 19.5. The summed E-state index contributed by atoms with van der Waals surface area (Å²) in [4.78, 5) is 0. The minimum atomic E-state index is 0.864. The summed E-state index contributed by atoms with van der Waals surface area (Å²) >= 11 is 0. The van der Waals surface area contributed by atoms with E-state index < -0.39 is 0 Å². The Morgan fingerprint density at radius 3 is 1.53 bits per heavy atom. The van der Waals surface area contributed by atoms with Crippen molar-refractivity contribution in [2.45, 2.75) is 0 Å². The molecule has 0 amide bonds. The molecule has 1 aliphatic rings. The highest BCUT2D eigenvalue weighted by Crippen LogP contribution is 2.48. The van der Waals surface area contributed by atoms with Gasteiger partial charge in [-0.3, -0.25) is 0 Å². The highest BCUT2D eigenvalue weighted by molar-refractivity contribution is 6.13. The average molecular weight is 727 g/mol. The molecular weight excluding hydrogens is 693 g/mol. The van der Waals surface area contributed by atoms with Crippen LogP contribution >= 0.6 is 0 Å². The fourth-order valence-corrected chi connectivity index (χ4v) is 9.08. The predicted molar refractivity (Wildman–Crippen MR) is 237 cm³/mol. The second-order valence-corrected chi connectivity index (χ2v) is 14.9. The Labute approximate surface area is 329 Å². The molecule has 0 spiro atoms. The normalized spacial score (nSPS) is 12.0. The van der Waals surface area contributed by atoms with Crippen LogP contribution in [0.4, 0.5) is 0 Å². The molecule has 0 radical (unpaired) electrons. The van der Waals surface area contributed by atoms with Crippen molar-refractivity contribution >= 4 is 43.6 Å². The number of hydrogen-bond acceptors (Lipinski definition) is 1. The maximum absolute atomic E-state index is 6.58. The lowest BCUT2D eigenvalue weighted by Gasteiger charge is -2.23. The van der Waals surface area contributed by atoms with Gasteiger partial charge in [0.1, 0.15) is 0 Å². The third-order valence-corrected chi connectivity index (χ3v) is 11.7. The number of para-hydroxylation sites is 3. The van der Waals surface area contributed by atoms with Gasteiger partial charge in [-0.2, -0.15) is 0 Å². The number of hydrogen-bond donors (Lipinski definition) is 0. The number of nitrogens with zero attached hydrogens (tertiary/aromatic N) is 2. The van der Waals surface area contributed by atoms with E-state index in [0.717, 1.165) is 39.5 Å². The van der Waals surface area contributed by atoms with Crippen molar-refractivity contribution < 1.29 is 4.74 Å². The van der Waals surface area contributed by atoms with Gasteiger partial charge in [0, 0.05) is 32.8 Å². The van der Waals surface area contributed by atoms with Gasteiger partial charge in [0.15, 0.2) is 11.5 Å². The lowest BCUT2D eigenvalue weighted by Crippen LogP contribution is -2.05. The highest BCUT2D eigenvalue weighted by atomic mass is 16.5. The van der Waals surface area contributed by atoms with E-state index in [2.05, 4.69) is 215 Å². The van der Waals surface area contributed by atoms with Crippen LogP contribution in [0.2, 0.25) is 0 Å². The number of fused-ring (bicyclic) bond motifs is 8. The van der Waals surface area contributed by atoms with Gasteiger partial charge in [0.2, 0.25) is 0 Å². The molecule has 0 aliphatic carbocycles. The molecule has 0 saturated carbocycles. The van der Waals surface area contributed by atoms with Crippen LogP contribution in [0.3, 0.4) is 0 Å². The summed E-state index contributed by atoms with van der Waals surface area (Å²) in [6, 6.07) is 74.4. The predicted octanol–water partition coefficient (Wildman–Crippen LogP) is 14.7. The van der Waals surface area contributed by atoms with Crippen molar-refractivity contribution in [3.05, 3.63) is 206 Å². The first kappa shape index (κ1) is 31.7. The van der Waals surface area contributed by atoms with Gasteiger partial charge >= 0.3 is 0 Å². The topological polar surface area (TPSA) is 19.1 Å². The molecule has 3 nitrogen and oxygen atoms in total. The molecule has 266 valence electrons. The van der Waals surface area contributed by atoms with E-state index >= 15 is 0 Å². The largest absolute Gasteiger partial charge is 0.453 e. The van der Waals surface area contributed by atoms with E-state index in [-0.39, 0.29) is 0 Å². The van der Waals surface area contributed by atoms with E-state index in [1.165, 1.54) is 71.5 Å². The van der Waals surface area contributed by atoms with Crippen LogP contribution in [0.15, 0.2) is 206 Å². The highest BCUT2D eigenvalue weighted by Gasteiger charge is 2.26. The average Bonchev–Trinajstić information content (AvgIpc) is 3.80. The standard InChI is InChI=1S/C54H34N2O/c1-3-12-35(13-4-1)40-28-30-49-46(33-40)47-34-41(36-14-5-2-6-15-36)29-31-50(47)55(49)42-17-9-16-39(32-42)37-24-26-38(27-25-37)43-19-10-22-51-53(43)56-48-21-8-7-18-44(48)45-20-11-23-52(57-51)54(45)56/h1-34H. The maximum atomic E-state index is 6.58. The second-order valence-electron chi connectivity index (χ2n) is 14.9. The zero-order valence-electron chi connectivity index (χ0n) is 30.9. The van der Waals surface area contributed by atoms with Crippen LogP contribution in [0.25, 0.3) is 99.5 Å². The molecule has 9 aromatic carbocycles. The number of benzene rings is 9. The summed E-state index contributed by atoms with van der Waals surface area (Å²) < 4.78 is 11.4. The summed E-state index contributed by atoms with van der Waals surface area (Å²) in [5.74, 6) is 1.75. The van der Waals surface area contributed by atoms with Crippen LogP contribution in [0.5, 0.6) is 11.5 Å². The second kappa shape index (κ2) is 12.5. The summed E-state index contributed by atoms with van der Waals surface area (Å²) in [7, 11) is 0. The molecule has 2 aromatic heterocycles. The van der Waals surface area contributed by atoms with Gasteiger partial charge < -0.3 is 13.9 Å². The molecule has 3 heteroatoms. The molecule has 0 unspecified atom stereocenters. The van der Waals surface area contributed by atoms with Gasteiger partial charge in [-0.25, -0.2) is 0 Å². The molecule has 0 saturated heterocycles. The van der Waals surface area contributed by atoms with Crippen molar-refractivity contribution in [1.82, 2.24) is 9.13 Å². The van der Waals surface area contributed by atoms with E-state index in [4.69, 9.17) is 4.74 Å². The fourth-order valence-electron chi connectivity index (χ4n) is 9.08. The Kier molecular flexibility index (Phi) is 6.93. The zero-order chi connectivity index (χ0) is 37.5. The van der Waals surface area contributed by atoms with Crippen LogP contribution in [-0.4, -0.2) is 9.13 Å². The first-order chi connectivity index (χ1) is 28.3. The van der Waals surface area contributed by atoms with Crippen molar-refractivity contribution in [3.63, 3.8) is 0 Å². The van der Waals surface area contributed by atoms with E-state index in [1.807, 2.05) is 0 Å². The van der Waals surface area contributed by atoms with E-state index in [1.54, 1.807) is 0 Å². The monoisotopic (exact) mass is 726 g/mol. The SMILES string of the molecule is c1ccc(-c2ccc3c(c2)c2cc(-c4ccccc4)ccc2n3-c2cccc(-c3ccc(-c4cccc5c4-n4c6ccccc6c6cccc(c64)O5)cc3)c2)cc1. The minimum absolute atomic E-state index is 0.864. The molecule has 0 N–H and O–H groups in total. The Morgan fingerprint density at radius 1 is 0.298 bits per heavy atom. The first-order valence-corrected chi connectivity index (χ1v) is 19.5. The molecule has 0 atom stereocenters. The molecule has 3 heterocycles. The van der Waals surface area contributed by atoms with Crippen LogP contribution in [0.1, 0.15) is 0 Å². The molecule has 0 bridgehead atoms. The van der Waals surface area contributed by atoms with Crippen molar-refractivity contribution in [2.24, 2.45) is 0 Å².